The quantitative estimate of drug-likeness (QED) is 0.719. The number of halogens is 4. The van der Waals surface area contributed by atoms with Gasteiger partial charge >= 0.3 is 0 Å². The van der Waals surface area contributed by atoms with Crippen LogP contribution in [0.2, 0.25) is 10.0 Å². The molecular weight excluding hydrogens is 354 g/mol. The highest BCUT2D eigenvalue weighted by molar-refractivity contribution is 9.10. The molecule has 1 N–H and O–H groups in total. The average Bonchev–Trinajstić information content (AvgIpc) is 2.36. The Hall–Kier alpha value is -0.610. The largest absolute Gasteiger partial charge is 0.384 e. The number of benzene rings is 2. The molecule has 0 saturated carbocycles. The number of aliphatic hydroxyl groups excluding tert-OH is 1. The van der Waals surface area contributed by atoms with Crippen LogP contribution in [-0.4, -0.2) is 5.11 Å². The van der Waals surface area contributed by atoms with Crippen LogP contribution in [0, 0.1) is 12.7 Å². The fourth-order valence-electron chi connectivity index (χ4n) is 1.77. The topological polar surface area (TPSA) is 20.2 Å². The molecule has 0 heterocycles. The summed E-state index contributed by atoms with van der Waals surface area (Å²) in [6.07, 6.45) is -1.08. The number of hydrogen-bond acceptors (Lipinski definition) is 1. The highest BCUT2D eigenvalue weighted by Crippen LogP contribution is 2.32. The van der Waals surface area contributed by atoms with Crippen LogP contribution in [0.3, 0.4) is 0 Å². The summed E-state index contributed by atoms with van der Waals surface area (Å²) < 4.78 is 14.3. The van der Waals surface area contributed by atoms with E-state index >= 15 is 0 Å². The Labute approximate surface area is 129 Å². The van der Waals surface area contributed by atoms with Crippen molar-refractivity contribution in [3.8, 4) is 0 Å². The lowest BCUT2D eigenvalue weighted by molar-refractivity contribution is 0.215. The molecule has 5 heteroatoms. The van der Waals surface area contributed by atoms with Crippen molar-refractivity contribution >= 4 is 39.1 Å². The maximum atomic E-state index is 13.9. The van der Waals surface area contributed by atoms with Gasteiger partial charge in [-0.25, -0.2) is 4.39 Å². The zero-order chi connectivity index (χ0) is 14.2. The van der Waals surface area contributed by atoms with Crippen molar-refractivity contribution in [2.75, 3.05) is 0 Å². The predicted octanol–water partition coefficient (Wildman–Crippen LogP) is 5.29. The summed E-state index contributed by atoms with van der Waals surface area (Å²) in [7, 11) is 0. The standard InChI is InChI=1S/C14H10BrCl2FO/c1-7-4-8(2-3-11(7)16)14(19)9-5-12(17)10(15)6-13(9)18/h2-6,14,19H,1H3. The van der Waals surface area contributed by atoms with Gasteiger partial charge in [0.25, 0.3) is 0 Å². The van der Waals surface area contributed by atoms with Crippen LogP contribution in [0.25, 0.3) is 0 Å². The van der Waals surface area contributed by atoms with Crippen LogP contribution in [0.15, 0.2) is 34.8 Å². The van der Waals surface area contributed by atoms with Gasteiger partial charge in [0.1, 0.15) is 11.9 Å². The SMILES string of the molecule is Cc1cc(C(O)c2cc(Cl)c(Br)cc2F)ccc1Cl. The van der Waals surface area contributed by atoms with Crippen LogP contribution in [0.1, 0.15) is 22.8 Å². The molecular formula is C14H10BrCl2FO. The zero-order valence-corrected chi connectivity index (χ0v) is 13.0. The summed E-state index contributed by atoms with van der Waals surface area (Å²) >= 11 is 15.0. The molecule has 1 nitrogen and oxygen atoms in total. The van der Waals surface area contributed by atoms with Gasteiger partial charge in [-0.15, -0.1) is 0 Å². The molecule has 0 amide bonds. The molecule has 0 aromatic heterocycles. The van der Waals surface area contributed by atoms with E-state index in [0.717, 1.165) is 5.56 Å². The normalized spacial score (nSPS) is 12.5. The van der Waals surface area contributed by atoms with Gasteiger partial charge in [-0.1, -0.05) is 35.3 Å². The van der Waals surface area contributed by atoms with Gasteiger partial charge in [-0.2, -0.15) is 0 Å². The third-order valence-electron chi connectivity index (χ3n) is 2.83. The van der Waals surface area contributed by atoms with Crippen molar-refractivity contribution in [2.24, 2.45) is 0 Å². The molecule has 0 aliphatic carbocycles. The predicted molar refractivity (Wildman–Crippen MR) is 79.4 cm³/mol. The molecule has 0 fully saturated rings. The molecule has 0 spiro atoms. The second-order valence-electron chi connectivity index (χ2n) is 4.20. The Bertz CT molecular complexity index is 631. The maximum absolute atomic E-state index is 13.9. The first kappa shape index (κ1) is 14.8. The van der Waals surface area contributed by atoms with E-state index in [9.17, 15) is 9.50 Å². The number of hydrogen-bond donors (Lipinski definition) is 1. The van der Waals surface area contributed by atoms with Gasteiger partial charge in [0, 0.05) is 15.1 Å². The number of aliphatic hydroxyl groups is 1. The lowest BCUT2D eigenvalue weighted by Crippen LogP contribution is -2.03. The first-order valence-corrected chi connectivity index (χ1v) is 7.03. The summed E-state index contributed by atoms with van der Waals surface area (Å²) in [4.78, 5) is 0. The minimum absolute atomic E-state index is 0.134. The van der Waals surface area contributed by atoms with Crippen LogP contribution in [0.5, 0.6) is 0 Å². The van der Waals surface area contributed by atoms with E-state index in [2.05, 4.69) is 15.9 Å². The van der Waals surface area contributed by atoms with E-state index in [-0.39, 0.29) is 5.56 Å². The smallest absolute Gasteiger partial charge is 0.130 e. The van der Waals surface area contributed by atoms with Gasteiger partial charge in [-0.3, -0.25) is 0 Å². The van der Waals surface area contributed by atoms with Gasteiger partial charge in [0.05, 0.1) is 5.02 Å². The molecule has 19 heavy (non-hydrogen) atoms. The van der Waals surface area contributed by atoms with Gasteiger partial charge < -0.3 is 5.11 Å². The summed E-state index contributed by atoms with van der Waals surface area (Å²) in [5, 5.41) is 11.2. The van der Waals surface area contributed by atoms with Crippen molar-refractivity contribution in [3.05, 3.63) is 67.4 Å². The first-order chi connectivity index (χ1) is 8.90. The van der Waals surface area contributed by atoms with Gasteiger partial charge in [0.15, 0.2) is 0 Å². The monoisotopic (exact) mass is 362 g/mol. The van der Waals surface area contributed by atoms with E-state index in [1.54, 1.807) is 18.2 Å². The summed E-state index contributed by atoms with van der Waals surface area (Å²) in [6.45, 7) is 1.82. The third-order valence-corrected chi connectivity index (χ3v) is 4.45. The van der Waals surface area contributed by atoms with E-state index in [1.807, 2.05) is 6.92 Å². The number of rotatable bonds is 2. The molecule has 2 aromatic rings. The average molecular weight is 364 g/mol. The zero-order valence-electron chi connectivity index (χ0n) is 9.92. The molecule has 0 aliphatic rings. The molecule has 0 bridgehead atoms. The highest BCUT2D eigenvalue weighted by atomic mass is 79.9. The lowest BCUT2D eigenvalue weighted by Gasteiger charge is -2.14. The molecule has 1 atom stereocenters. The molecule has 100 valence electrons. The fraction of sp³-hybridized carbons (Fsp3) is 0.143. The minimum atomic E-state index is -1.08. The van der Waals surface area contributed by atoms with E-state index in [1.165, 1.54) is 12.1 Å². The van der Waals surface area contributed by atoms with Crippen molar-refractivity contribution in [2.45, 2.75) is 13.0 Å². The Balaban J connectivity index is 2.46. The minimum Gasteiger partial charge on any atom is -0.384 e. The molecule has 2 aromatic carbocycles. The second-order valence-corrected chi connectivity index (χ2v) is 5.87. The summed E-state index contributed by atoms with van der Waals surface area (Å²) in [5.41, 5.74) is 1.52. The lowest BCUT2D eigenvalue weighted by atomic mass is 9.99. The van der Waals surface area contributed by atoms with E-state index < -0.39 is 11.9 Å². The van der Waals surface area contributed by atoms with Gasteiger partial charge in [0.2, 0.25) is 0 Å². The summed E-state index contributed by atoms with van der Waals surface area (Å²) in [5.74, 6) is -0.517. The van der Waals surface area contributed by atoms with Gasteiger partial charge in [-0.05, 0) is 52.2 Å². The Kier molecular flexibility index (Phi) is 4.51. The number of aryl methyl sites for hydroxylation is 1. The van der Waals surface area contributed by atoms with Crippen molar-refractivity contribution in [1.29, 1.82) is 0 Å². The van der Waals surface area contributed by atoms with E-state index in [0.29, 0.717) is 20.1 Å². The second kappa shape index (κ2) is 5.80. The molecule has 0 saturated heterocycles. The van der Waals surface area contributed by atoms with Crippen LogP contribution in [-0.2, 0) is 0 Å². The van der Waals surface area contributed by atoms with E-state index in [4.69, 9.17) is 23.2 Å². The Morgan fingerprint density at radius 3 is 2.47 bits per heavy atom. The van der Waals surface area contributed by atoms with Crippen molar-refractivity contribution in [3.63, 3.8) is 0 Å². The van der Waals surface area contributed by atoms with Crippen LogP contribution >= 0.6 is 39.1 Å². The fourth-order valence-corrected chi connectivity index (χ4v) is 2.37. The highest BCUT2D eigenvalue weighted by Gasteiger charge is 2.17. The first-order valence-electron chi connectivity index (χ1n) is 5.48. The molecule has 0 aliphatic heterocycles. The van der Waals surface area contributed by atoms with Crippen molar-refractivity contribution in [1.82, 2.24) is 0 Å². The molecule has 0 radical (unpaired) electrons. The Morgan fingerprint density at radius 2 is 1.84 bits per heavy atom. The Morgan fingerprint density at radius 1 is 1.16 bits per heavy atom. The summed E-state index contributed by atoms with van der Waals surface area (Å²) in [6, 6.07) is 7.71. The molecule has 2 rings (SSSR count). The molecule has 1 unspecified atom stereocenters. The third kappa shape index (κ3) is 3.11. The van der Waals surface area contributed by atoms with Crippen LogP contribution < -0.4 is 0 Å². The van der Waals surface area contributed by atoms with Crippen molar-refractivity contribution < 1.29 is 9.50 Å². The maximum Gasteiger partial charge on any atom is 0.130 e. The van der Waals surface area contributed by atoms with Crippen LogP contribution in [0.4, 0.5) is 4.39 Å².